The minimum atomic E-state index is -0.151. The molecule has 0 radical (unpaired) electrons. The summed E-state index contributed by atoms with van der Waals surface area (Å²) >= 11 is 0. The molecule has 5 heteroatoms. The van der Waals surface area contributed by atoms with Crippen molar-refractivity contribution in [2.24, 2.45) is 5.73 Å². The molecule has 26 heavy (non-hydrogen) atoms. The Morgan fingerprint density at radius 3 is 2.19 bits per heavy atom. The van der Waals surface area contributed by atoms with Crippen molar-refractivity contribution in [3.05, 3.63) is 66.2 Å². The molecular formula is C21H28N4O. The van der Waals surface area contributed by atoms with Crippen LogP contribution in [0.5, 0.6) is 0 Å². The maximum atomic E-state index is 12.7. The fourth-order valence-corrected chi connectivity index (χ4v) is 3.47. The van der Waals surface area contributed by atoms with Gasteiger partial charge in [0.1, 0.15) is 0 Å². The van der Waals surface area contributed by atoms with Crippen LogP contribution < -0.4 is 16.0 Å². The van der Waals surface area contributed by atoms with Crippen LogP contribution in [0.4, 0.5) is 5.69 Å². The Kier molecular flexibility index (Phi) is 6.63. The molecule has 138 valence electrons. The molecule has 1 saturated heterocycles. The van der Waals surface area contributed by atoms with E-state index in [0.29, 0.717) is 19.5 Å². The van der Waals surface area contributed by atoms with Crippen LogP contribution in [-0.2, 0) is 11.3 Å². The lowest BCUT2D eigenvalue weighted by Gasteiger charge is -2.39. The number of amides is 1. The fraction of sp³-hybridized carbons (Fsp3) is 0.381. The summed E-state index contributed by atoms with van der Waals surface area (Å²) in [6.07, 6.45) is 0.686. The molecule has 0 aromatic heterocycles. The van der Waals surface area contributed by atoms with Crippen LogP contribution in [0.3, 0.4) is 0 Å². The molecule has 1 aliphatic rings. The topological polar surface area (TPSA) is 61.6 Å². The average Bonchev–Trinajstić information content (AvgIpc) is 2.72. The molecule has 0 aliphatic carbocycles. The van der Waals surface area contributed by atoms with Gasteiger partial charge in [-0.3, -0.25) is 9.69 Å². The first-order chi connectivity index (χ1) is 12.8. The summed E-state index contributed by atoms with van der Waals surface area (Å²) < 4.78 is 0. The highest BCUT2D eigenvalue weighted by atomic mass is 16.2. The van der Waals surface area contributed by atoms with E-state index in [1.165, 1.54) is 5.69 Å². The first-order valence-electron chi connectivity index (χ1n) is 9.33. The molecule has 0 saturated carbocycles. The van der Waals surface area contributed by atoms with Gasteiger partial charge in [0.05, 0.1) is 6.04 Å². The van der Waals surface area contributed by atoms with E-state index >= 15 is 0 Å². The third kappa shape index (κ3) is 4.84. The number of rotatable bonds is 7. The second-order valence-corrected chi connectivity index (χ2v) is 6.66. The maximum absolute atomic E-state index is 12.7. The van der Waals surface area contributed by atoms with Gasteiger partial charge >= 0.3 is 0 Å². The Morgan fingerprint density at radius 2 is 1.58 bits per heavy atom. The second-order valence-electron chi connectivity index (χ2n) is 6.66. The smallest absolute Gasteiger partial charge is 0.237 e. The first kappa shape index (κ1) is 18.4. The number of nitrogens with two attached hydrogens (primary N) is 1. The monoisotopic (exact) mass is 352 g/mol. The second kappa shape index (κ2) is 9.36. The van der Waals surface area contributed by atoms with E-state index in [0.717, 1.165) is 31.7 Å². The quantitative estimate of drug-likeness (QED) is 0.798. The molecule has 5 nitrogen and oxygen atoms in total. The van der Waals surface area contributed by atoms with Crippen LogP contribution >= 0.6 is 0 Å². The predicted octanol–water partition coefficient (Wildman–Crippen LogP) is 1.84. The van der Waals surface area contributed by atoms with Crippen molar-refractivity contribution in [2.45, 2.75) is 19.0 Å². The zero-order valence-electron chi connectivity index (χ0n) is 15.2. The number of piperazine rings is 1. The average molecular weight is 352 g/mol. The molecule has 1 atom stereocenters. The van der Waals surface area contributed by atoms with Crippen molar-refractivity contribution < 1.29 is 4.79 Å². The fourth-order valence-electron chi connectivity index (χ4n) is 3.47. The Hall–Kier alpha value is -2.37. The van der Waals surface area contributed by atoms with Gasteiger partial charge in [0.2, 0.25) is 5.91 Å². The molecule has 2 aromatic carbocycles. The summed E-state index contributed by atoms with van der Waals surface area (Å²) in [5, 5.41) is 3.07. The van der Waals surface area contributed by atoms with Gasteiger partial charge in [0.25, 0.3) is 0 Å². The van der Waals surface area contributed by atoms with Crippen LogP contribution in [0, 0.1) is 0 Å². The van der Waals surface area contributed by atoms with Crippen molar-refractivity contribution in [3.63, 3.8) is 0 Å². The molecule has 1 fully saturated rings. The Morgan fingerprint density at radius 1 is 0.962 bits per heavy atom. The molecule has 2 aromatic rings. The summed E-state index contributed by atoms with van der Waals surface area (Å²) in [6, 6.07) is 20.3. The van der Waals surface area contributed by atoms with Crippen molar-refractivity contribution in [1.29, 1.82) is 0 Å². The Balaban J connectivity index is 1.55. The van der Waals surface area contributed by atoms with Crippen LogP contribution in [0.1, 0.15) is 12.0 Å². The number of para-hydroxylation sites is 1. The highest BCUT2D eigenvalue weighted by Gasteiger charge is 2.28. The molecule has 3 N–H and O–H groups in total. The number of nitrogens with zero attached hydrogens (tertiary/aromatic N) is 2. The van der Waals surface area contributed by atoms with Gasteiger partial charge in [-0.05, 0) is 30.7 Å². The highest BCUT2D eigenvalue weighted by Crippen LogP contribution is 2.17. The summed E-state index contributed by atoms with van der Waals surface area (Å²) in [4.78, 5) is 17.4. The highest BCUT2D eigenvalue weighted by molar-refractivity contribution is 5.81. The summed E-state index contributed by atoms with van der Waals surface area (Å²) in [6.45, 7) is 4.68. The SMILES string of the molecule is NCCC(C(=O)NCc1ccccc1)N1CCN(c2ccccc2)CC1. The lowest BCUT2D eigenvalue weighted by atomic mass is 10.1. The van der Waals surface area contributed by atoms with E-state index < -0.39 is 0 Å². The van der Waals surface area contributed by atoms with Gasteiger partial charge in [0, 0.05) is 38.4 Å². The van der Waals surface area contributed by atoms with E-state index in [1.54, 1.807) is 0 Å². The predicted molar refractivity (Wildman–Crippen MR) is 106 cm³/mol. The largest absolute Gasteiger partial charge is 0.369 e. The van der Waals surface area contributed by atoms with E-state index in [1.807, 2.05) is 36.4 Å². The van der Waals surface area contributed by atoms with Crippen molar-refractivity contribution in [1.82, 2.24) is 10.2 Å². The van der Waals surface area contributed by atoms with Gasteiger partial charge in [-0.2, -0.15) is 0 Å². The van der Waals surface area contributed by atoms with Gasteiger partial charge in [-0.1, -0.05) is 48.5 Å². The van der Waals surface area contributed by atoms with Crippen molar-refractivity contribution in [3.8, 4) is 0 Å². The molecule has 1 aliphatic heterocycles. The normalized spacial score (nSPS) is 16.3. The number of carbonyl (C=O) groups excluding carboxylic acids is 1. The number of hydrogen-bond acceptors (Lipinski definition) is 4. The van der Waals surface area contributed by atoms with Gasteiger partial charge in [0.15, 0.2) is 0 Å². The molecule has 1 amide bonds. The van der Waals surface area contributed by atoms with Crippen LogP contribution in [0.2, 0.25) is 0 Å². The molecule has 0 spiro atoms. The Labute approximate surface area is 155 Å². The van der Waals surface area contributed by atoms with Gasteiger partial charge < -0.3 is 16.0 Å². The van der Waals surface area contributed by atoms with Crippen LogP contribution in [0.25, 0.3) is 0 Å². The van der Waals surface area contributed by atoms with E-state index in [4.69, 9.17) is 5.73 Å². The number of benzene rings is 2. The number of hydrogen-bond donors (Lipinski definition) is 2. The third-order valence-corrected chi connectivity index (χ3v) is 4.93. The number of carbonyl (C=O) groups is 1. The standard InChI is InChI=1S/C21H28N4O/c22-12-11-20(21(26)23-17-18-7-3-1-4-8-18)25-15-13-24(14-16-25)19-9-5-2-6-10-19/h1-10,20H,11-17,22H2,(H,23,26). The lowest BCUT2D eigenvalue weighted by molar-refractivity contribution is -0.127. The molecule has 0 bridgehead atoms. The molecule has 1 heterocycles. The zero-order chi connectivity index (χ0) is 18.2. The van der Waals surface area contributed by atoms with Crippen LogP contribution in [-0.4, -0.2) is 49.6 Å². The Bertz CT molecular complexity index is 669. The molecule has 1 unspecified atom stereocenters. The van der Waals surface area contributed by atoms with Gasteiger partial charge in [-0.15, -0.1) is 0 Å². The summed E-state index contributed by atoms with van der Waals surface area (Å²) in [5.41, 5.74) is 8.14. The van der Waals surface area contributed by atoms with Crippen molar-refractivity contribution >= 4 is 11.6 Å². The summed E-state index contributed by atoms with van der Waals surface area (Å²) in [5.74, 6) is 0.0764. The van der Waals surface area contributed by atoms with Crippen LogP contribution in [0.15, 0.2) is 60.7 Å². The molecule has 3 rings (SSSR count). The summed E-state index contributed by atoms with van der Waals surface area (Å²) in [7, 11) is 0. The van der Waals surface area contributed by atoms with Gasteiger partial charge in [-0.25, -0.2) is 0 Å². The van der Waals surface area contributed by atoms with E-state index in [9.17, 15) is 4.79 Å². The lowest BCUT2D eigenvalue weighted by Crippen LogP contribution is -2.55. The number of anilines is 1. The van der Waals surface area contributed by atoms with Crippen molar-refractivity contribution in [2.75, 3.05) is 37.6 Å². The maximum Gasteiger partial charge on any atom is 0.237 e. The third-order valence-electron chi connectivity index (χ3n) is 4.93. The van der Waals surface area contributed by atoms with E-state index in [-0.39, 0.29) is 11.9 Å². The first-order valence-corrected chi connectivity index (χ1v) is 9.33. The minimum absolute atomic E-state index is 0.0764. The van der Waals surface area contributed by atoms with E-state index in [2.05, 4.69) is 39.4 Å². The zero-order valence-corrected chi connectivity index (χ0v) is 15.2. The minimum Gasteiger partial charge on any atom is -0.369 e. The number of nitrogens with one attached hydrogen (secondary N) is 1. The molecular weight excluding hydrogens is 324 g/mol.